The van der Waals surface area contributed by atoms with Crippen LogP contribution >= 0.6 is 0 Å². The molecule has 0 spiro atoms. The average molecular weight is 347 g/mol. The summed E-state index contributed by atoms with van der Waals surface area (Å²) in [6.45, 7) is 7.03. The molecule has 0 saturated heterocycles. The van der Waals surface area contributed by atoms with Crippen LogP contribution in [0.1, 0.15) is 78.6 Å². The maximum atomic E-state index is 9.33. The summed E-state index contributed by atoms with van der Waals surface area (Å²) in [4.78, 5) is 0. The Morgan fingerprint density at radius 3 is 2.44 bits per heavy atom. The highest BCUT2D eigenvalue weighted by Gasteiger charge is 2.60. The Morgan fingerprint density at radius 1 is 0.960 bits per heavy atom. The van der Waals surface area contributed by atoms with E-state index >= 15 is 0 Å². The van der Waals surface area contributed by atoms with Crippen LogP contribution in [0.4, 0.5) is 0 Å². The quantitative estimate of drug-likeness (QED) is 0.383. The van der Waals surface area contributed by atoms with Crippen molar-refractivity contribution in [1.82, 2.24) is 0 Å². The van der Waals surface area contributed by atoms with E-state index in [4.69, 9.17) is 0 Å². The van der Waals surface area contributed by atoms with Crippen LogP contribution in [-0.4, -0.2) is 21.8 Å². The molecule has 0 heterocycles. The molecule has 4 nitrogen and oxygen atoms in total. The number of hydrogen-bond acceptors (Lipinski definition) is 4. The van der Waals surface area contributed by atoms with E-state index in [0.717, 1.165) is 42.0 Å². The van der Waals surface area contributed by atoms with Crippen molar-refractivity contribution < 1.29 is 10.4 Å². The molecule has 0 aliphatic heterocycles. The minimum Gasteiger partial charge on any atom is -0.411 e. The second-order valence-electron chi connectivity index (χ2n) is 9.94. The van der Waals surface area contributed by atoms with Gasteiger partial charge >= 0.3 is 0 Å². The smallest absolute Gasteiger partial charge is 0.0576 e. The van der Waals surface area contributed by atoms with Crippen LogP contribution in [0.25, 0.3) is 0 Å². The van der Waals surface area contributed by atoms with E-state index in [9.17, 15) is 10.4 Å². The lowest BCUT2D eigenvalue weighted by Crippen LogP contribution is -2.53. The van der Waals surface area contributed by atoms with Gasteiger partial charge in [-0.25, -0.2) is 0 Å². The van der Waals surface area contributed by atoms with Crippen molar-refractivity contribution in [1.29, 1.82) is 0 Å². The van der Waals surface area contributed by atoms with E-state index in [2.05, 4.69) is 24.2 Å². The first-order chi connectivity index (χ1) is 11.9. The van der Waals surface area contributed by atoms with Crippen LogP contribution in [0.2, 0.25) is 0 Å². The third-order valence-corrected chi connectivity index (χ3v) is 9.30. The summed E-state index contributed by atoms with van der Waals surface area (Å²) < 4.78 is 0. The van der Waals surface area contributed by atoms with Gasteiger partial charge in [0.15, 0.2) is 0 Å². The zero-order chi connectivity index (χ0) is 17.8. The van der Waals surface area contributed by atoms with Crippen molar-refractivity contribution in [3.8, 4) is 0 Å². The molecule has 0 aromatic carbocycles. The Hall–Kier alpha value is -1.06. The fraction of sp³-hybridized carbons (Fsp3) is 0.905. The highest BCUT2D eigenvalue weighted by atomic mass is 16.4. The van der Waals surface area contributed by atoms with Gasteiger partial charge in [-0.05, 0) is 99.2 Å². The summed E-state index contributed by atoms with van der Waals surface area (Å²) in [5.41, 5.74) is 2.73. The minimum absolute atomic E-state index is 0.326. The highest BCUT2D eigenvalue weighted by molar-refractivity contribution is 5.85. The van der Waals surface area contributed by atoms with Crippen LogP contribution < -0.4 is 0 Å². The van der Waals surface area contributed by atoms with Gasteiger partial charge in [0.05, 0.1) is 11.4 Å². The van der Waals surface area contributed by atoms with Crippen LogP contribution in [0.3, 0.4) is 0 Å². The summed E-state index contributed by atoms with van der Waals surface area (Å²) in [5, 5.41) is 25.7. The third kappa shape index (κ3) is 2.39. The first kappa shape index (κ1) is 17.4. The van der Waals surface area contributed by atoms with Gasteiger partial charge in [-0.1, -0.05) is 24.2 Å². The van der Waals surface area contributed by atoms with Gasteiger partial charge in [0.1, 0.15) is 0 Å². The Bertz CT molecular complexity index is 601. The van der Waals surface area contributed by atoms with E-state index in [-0.39, 0.29) is 0 Å². The van der Waals surface area contributed by atoms with Crippen molar-refractivity contribution >= 4 is 11.4 Å². The predicted molar refractivity (Wildman–Crippen MR) is 99.3 cm³/mol. The standard InChI is InChI=1S/C21H34N2O2/c1-13(22-24)17-6-7-18-16-5-4-14-12-15(23-25)8-10-20(14,2)19(16)9-11-21(17,18)3/h14,16-19,24-25H,4-12H2,1-3H3/b22-13+,23-15+. The second-order valence-corrected chi connectivity index (χ2v) is 9.94. The van der Waals surface area contributed by atoms with Gasteiger partial charge in [-0.2, -0.15) is 0 Å². The molecule has 4 fully saturated rings. The van der Waals surface area contributed by atoms with Gasteiger partial charge in [-0.3, -0.25) is 0 Å². The van der Waals surface area contributed by atoms with Crippen LogP contribution in [0, 0.1) is 40.4 Å². The van der Waals surface area contributed by atoms with Gasteiger partial charge in [0.2, 0.25) is 0 Å². The predicted octanol–water partition coefficient (Wildman–Crippen LogP) is 5.33. The molecule has 140 valence electrons. The number of hydrogen-bond donors (Lipinski definition) is 2. The molecule has 25 heavy (non-hydrogen) atoms. The Kier molecular flexibility index (Phi) is 4.16. The molecular weight excluding hydrogens is 312 g/mol. The van der Waals surface area contributed by atoms with Gasteiger partial charge in [-0.15, -0.1) is 0 Å². The lowest BCUT2D eigenvalue weighted by molar-refractivity contribution is -0.0962. The Morgan fingerprint density at radius 2 is 1.72 bits per heavy atom. The fourth-order valence-corrected chi connectivity index (χ4v) is 7.91. The summed E-state index contributed by atoms with van der Waals surface area (Å²) >= 11 is 0. The van der Waals surface area contributed by atoms with Crippen LogP contribution in [0.15, 0.2) is 10.3 Å². The summed E-state index contributed by atoms with van der Waals surface area (Å²) in [6.07, 6.45) is 10.9. The van der Waals surface area contributed by atoms with E-state index in [1.807, 2.05) is 6.92 Å². The fourth-order valence-electron chi connectivity index (χ4n) is 7.91. The van der Waals surface area contributed by atoms with E-state index in [0.29, 0.717) is 22.7 Å². The molecule has 0 aromatic heterocycles. The third-order valence-electron chi connectivity index (χ3n) is 9.30. The summed E-state index contributed by atoms with van der Waals surface area (Å²) in [6, 6.07) is 0. The topological polar surface area (TPSA) is 65.2 Å². The summed E-state index contributed by atoms with van der Waals surface area (Å²) in [7, 11) is 0. The van der Waals surface area contributed by atoms with E-state index < -0.39 is 0 Å². The van der Waals surface area contributed by atoms with E-state index in [1.54, 1.807) is 0 Å². The Balaban J connectivity index is 1.60. The SMILES string of the molecule is C/C(=N\O)C1CCC2C3CCC4C/C(=N/O)CCC4(C)C3CCC12C. The lowest BCUT2D eigenvalue weighted by atomic mass is 9.44. The zero-order valence-corrected chi connectivity index (χ0v) is 16.0. The van der Waals surface area contributed by atoms with Crippen LogP contribution in [0.5, 0.6) is 0 Å². The number of nitrogens with zero attached hydrogens (tertiary/aromatic N) is 2. The largest absolute Gasteiger partial charge is 0.411 e. The highest BCUT2D eigenvalue weighted by Crippen LogP contribution is 2.67. The molecule has 4 rings (SSSR count). The molecule has 0 amide bonds. The number of oxime groups is 2. The second kappa shape index (κ2) is 5.99. The van der Waals surface area contributed by atoms with E-state index in [1.165, 1.54) is 44.9 Å². The molecular formula is C21H34N2O2. The number of rotatable bonds is 1. The molecule has 7 atom stereocenters. The lowest BCUT2D eigenvalue weighted by Gasteiger charge is -2.60. The first-order valence-corrected chi connectivity index (χ1v) is 10.3. The van der Waals surface area contributed by atoms with Crippen molar-refractivity contribution in [2.45, 2.75) is 78.6 Å². The molecule has 4 heteroatoms. The van der Waals surface area contributed by atoms with Gasteiger partial charge < -0.3 is 10.4 Å². The van der Waals surface area contributed by atoms with Crippen molar-refractivity contribution in [3.05, 3.63) is 0 Å². The molecule has 7 unspecified atom stereocenters. The first-order valence-electron chi connectivity index (χ1n) is 10.3. The molecule has 4 aliphatic carbocycles. The average Bonchev–Trinajstić information content (AvgIpc) is 2.97. The normalized spacial score (nSPS) is 51.7. The van der Waals surface area contributed by atoms with Crippen molar-refractivity contribution in [2.75, 3.05) is 0 Å². The molecule has 4 saturated carbocycles. The summed E-state index contributed by atoms with van der Waals surface area (Å²) in [5.74, 6) is 3.63. The molecule has 4 aliphatic rings. The van der Waals surface area contributed by atoms with Gasteiger partial charge in [0, 0.05) is 5.92 Å². The van der Waals surface area contributed by atoms with Gasteiger partial charge in [0.25, 0.3) is 0 Å². The minimum atomic E-state index is 0.326. The molecule has 0 bridgehead atoms. The molecule has 2 N–H and O–H groups in total. The maximum absolute atomic E-state index is 9.33. The monoisotopic (exact) mass is 346 g/mol. The van der Waals surface area contributed by atoms with Crippen molar-refractivity contribution in [2.24, 2.45) is 50.7 Å². The Labute approximate surface area is 151 Å². The van der Waals surface area contributed by atoms with Crippen molar-refractivity contribution in [3.63, 3.8) is 0 Å². The van der Waals surface area contributed by atoms with Crippen LogP contribution in [-0.2, 0) is 0 Å². The molecule has 0 radical (unpaired) electrons. The number of fused-ring (bicyclic) bond motifs is 5. The molecule has 0 aromatic rings. The zero-order valence-electron chi connectivity index (χ0n) is 16.0. The maximum Gasteiger partial charge on any atom is 0.0576 e.